The Morgan fingerprint density at radius 3 is 2.43 bits per heavy atom. The molecule has 15 unspecified atom stereocenters. The van der Waals surface area contributed by atoms with Crippen LogP contribution in [0.25, 0.3) is 0 Å². The molecule has 0 N–H and O–H groups in total. The molecular weight excluding hydrogens is 559 g/mol. The van der Waals surface area contributed by atoms with E-state index in [0.29, 0.717) is 31.0 Å². The fraction of sp³-hybridized carbons (Fsp3) is 0.810. The topological polar surface area (TPSA) is 15.7 Å². The summed E-state index contributed by atoms with van der Waals surface area (Å²) in [5, 5.41) is 0. The number of hydrogen-bond acceptors (Lipinski definition) is 3. The lowest BCUT2D eigenvalue weighted by molar-refractivity contribution is -0.132. The zero-order valence-corrected chi connectivity index (χ0v) is 29.6. The van der Waals surface area contributed by atoms with Crippen LogP contribution in [-0.4, -0.2) is 52.9 Å². The molecule has 1 aromatic rings. The first-order chi connectivity index (χ1) is 22.3. The van der Waals surface area contributed by atoms with Gasteiger partial charge >= 0.3 is 0 Å². The van der Waals surface area contributed by atoms with Crippen LogP contribution >= 0.6 is 0 Å². The molecule has 0 aromatic heterocycles. The molecule has 10 rings (SSSR count). The maximum atomic E-state index is 7.17. The third kappa shape index (κ3) is 4.07. The van der Waals surface area contributed by atoms with E-state index in [9.17, 15) is 0 Å². The third-order valence-corrected chi connectivity index (χ3v) is 16.1. The van der Waals surface area contributed by atoms with Gasteiger partial charge in [0.1, 0.15) is 5.82 Å². The van der Waals surface area contributed by atoms with Gasteiger partial charge in [0.15, 0.2) is 6.71 Å². The number of rotatable bonds is 1. The summed E-state index contributed by atoms with van der Waals surface area (Å²) >= 11 is 0. The largest absolute Gasteiger partial charge is 0.374 e. The summed E-state index contributed by atoms with van der Waals surface area (Å²) in [4.78, 5) is 6.49. The molecule has 3 saturated heterocycles. The maximum absolute atomic E-state index is 7.17. The summed E-state index contributed by atoms with van der Waals surface area (Å²) in [7, 11) is 0. The van der Waals surface area contributed by atoms with Crippen LogP contribution in [0, 0.1) is 41.4 Å². The van der Waals surface area contributed by atoms with Gasteiger partial charge in [-0.2, -0.15) is 0 Å². The average molecular weight is 621 g/mol. The highest BCUT2D eigenvalue weighted by Gasteiger charge is 2.69. The van der Waals surface area contributed by atoms with Crippen molar-refractivity contribution in [3.8, 4) is 0 Å². The maximum Gasteiger partial charge on any atom is 0.186 e. The van der Waals surface area contributed by atoms with Gasteiger partial charge in [0, 0.05) is 41.9 Å². The van der Waals surface area contributed by atoms with Crippen molar-refractivity contribution in [2.75, 3.05) is 0 Å². The second-order valence-electron chi connectivity index (χ2n) is 19.5. The molecule has 0 bridgehead atoms. The second kappa shape index (κ2) is 10.5. The molecule has 4 aliphatic heterocycles. The van der Waals surface area contributed by atoms with E-state index in [0.717, 1.165) is 65.1 Å². The minimum Gasteiger partial charge on any atom is -0.374 e. The summed E-state index contributed by atoms with van der Waals surface area (Å²) in [5.74, 6) is 8.92. The van der Waals surface area contributed by atoms with E-state index < -0.39 is 0 Å². The van der Waals surface area contributed by atoms with Gasteiger partial charge in [0.25, 0.3) is 0 Å². The van der Waals surface area contributed by atoms with Crippen molar-refractivity contribution in [2.45, 2.75) is 172 Å². The summed E-state index contributed by atoms with van der Waals surface area (Å²) in [6.45, 7) is 13.5. The Morgan fingerprint density at radius 2 is 1.57 bits per heavy atom. The number of hydrogen-bond donors (Lipinski definition) is 0. The van der Waals surface area contributed by atoms with Gasteiger partial charge in [-0.1, -0.05) is 96.5 Å². The van der Waals surface area contributed by atoms with Crippen molar-refractivity contribution in [3.05, 3.63) is 41.7 Å². The minimum absolute atomic E-state index is 0.168. The van der Waals surface area contributed by atoms with E-state index in [4.69, 9.17) is 4.74 Å². The van der Waals surface area contributed by atoms with Crippen LogP contribution < -0.4 is 5.46 Å². The highest BCUT2D eigenvalue weighted by Crippen LogP contribution is 2.66. The van der Waals surface area contributed by atoms with Gasteiger partial charge in [-0.3, -0.25) is 0 Å². The molecule has 1 aromatic carbocycles. The Kier molecular flexibility index (Phi) is 6.76. The van der Waals surface area contributed by atoms with Crippen molar-refractivity contribution >= 4 is 12.2 Å². The highest BCUT2D eigenvalue weighted by molar-refractivity contribution is 6.77. The summed E-state index contributed by atoms with van der Waals surface area (Å²) in [6.07, 6.45) is 22.2. The van der Waals surface area contributed by atoms with Crippen molar-refractivity contribution in [3.63, 3.8) is 0 Å². The molecule has 9 aliphatic rings. The van der Waals surface area contributed by atoms with Gasteiger partial charge in [-0.15, -0.1) is 0 Å². The average Bonchev–Trinajstić information content (AvgIpc) is 3.62. The Hall–Kier alpha value is -1.42. The first-order valence-corrected chi connectivity index (χ1v) is 20.3. The van der Waals surface area contributed by atoms with Gasteiger partial charge in [-0.05, 0) is 104 Å². The molecule has 3 nitrogen and oxygen atoms in total. The predicted molar refractivity (Wildman–Crippen MR) is 189 cm³/mol. The van der Waals surface area contributed by atoms with E-state index >= 15 is 0 Å². The van der Waals surface area contributed by atoms with E-state index in [1.807, 2.05) is 0 Å². The summed E-state index contributed by atoms with van der Waals surface area (Å²) in [6, 6.07) is 12.8. The van der Waals surface area contributed by atoms with Gasteiger partial charge in [-0.25, -0.2) is 0 Å². The van der Waals surface area contributed by atoms with Crippen molar-refractivity contribution in [1.29, 1.82) is 0 Å². The predicted octanol–water partition coefficient (Wildman–Crippen LogP) is 8.65. The minimum atomic E-state index is 0.168. The standard InChI is InChI=1S/C42H61BN2O/c1-24-20-27-22-25(2)39-41-37(27)33(21-24)44-32-16-10-6-12-26(32)23-36(44)45(41)40-31(43(39)30-15-9-8-14-29(30)42(3,4)5)18-19-35-38(40)28-13-7-11-17-34(28)46-35/h8-9,14-15,23-28,31-35,37-41H,6-7,10-13,16-22H2,1-5H3. The molecule has 248 valence electrons. The normalized spacial score (nSPS) is 48.8. The van der Waals surface area contributed by atoms with Gasteiger partial charge in [0.2, 0.25) is 0 Å². The smallest absolute Gasteiger partial charge is 0.186 e. The van der Waals surface area contributed by atoms with Crippen LogP contribution in [0.2, 0.25) is 11.6 Å². The van der Waals surface area contributed by atoms with Crippen LogP contribution in [0.15, 0.2) is 36.2 Å². The number of benzene rings is 1. The third-order valence-electron chi connectivity index (χ3n) is 16.1. The molecule has 15 atom stereocenters. The molecule has 0 radical (unpaired) electrons. The Morgan fingerprint density at radius 1 is 0.761 bits per heavy atom. The second-order valence-corrected chi connectivity index (χ2v) is 19.5. The Balaban J connectivity index is 1.19. The van der Waals surface area contributed by atoms with Crippen molar-refractivity contribution in [1.82, 2.24) is 9.80 Å². The van der Waals surface area contributed by atoms with Crippen LogP contribution in [0.5, 0.6) is 0 Å². The molecule has 0 spiro atoms. The molecule has 8 fully saturated rings. The quantitative estimate of drug-likeness (QED) is 0.292. The number of fused-ring (bicyclic) bond motifs is 11. The van der Waals surface area contributed by atoms with Crippen LogP contribution in [-0.2, 0) is 10.2 Å². The highest BCUT2D eigenvalue weighted by atomic mass is 16.5. The monoisotopic (exact) mass is 620 g/mol. The fourth-order valence-electron chi connectivity index (χ4n) is 15.0. The van der Waals surface area contributed by atoms with Crippen molar-refractivity contribution < 1.29 is 4.74 Å². The van der Waals surface area contributed by atoms with Crippen LogP contribution in [0.1, 0.15) is 124 Å². The fourth-order valence-corrected chi connectivity index (χ4v) is 15.0. The SMILES string of the molecule is CC1CC2CC(C)C3B(c4ccccc4C(C)(C)C)C4CCC5OC6CCCCC6C5C4N4C5=CC6CCCCC6N5C(C1)C2C34. The molecule has 4 heterocycles. The lowest BCUT2D eigenvalue weighted by Crippen LogP contribution is -2.76. The van der Waals surface area contributed by atoms with E-state index in [1.165, 1.54) is 83.5 Å². The first-order valence-electron chi connectivity index (χ1n) is 20.3. The van der Waals surface area contributed by atoms with E-state index in [1.54, 1.807) is 16.8 Å². The summed E-state index contributed by atoms with van der Waals surface area (Å²) in [5.41, 5.74) is 3.55. The first kappa shape index (κ1) is 29.5. The summed E-state index contributed by atoms with van der Waals surface area (Å²) < 4.78 is 7.17. The molecule has 0 amide bonds. The zero-order chi connectivity index (χ0) is 31.1. The molecule has 5 saturated carbocycles. The molecule has 4 heteroatoms. The van der Waals surface area contributed by atoms with E-state index in [2.05, 4.69) is 74.8 Å². The van der Waals surface area contributed by atoms with E-state index in [-0.39, 0.29) is 5.41 Å². The molecule has 46 heavy (non-hydrogen) atoms. The number of ether oxygens (including phenoxy) is 1. The lowest BCUT2D eigenvalue weighted by Gasteiger charge is -2.71. The molecular formula is C42H61BN2O. The van der Waals surface area contributed by atoms with Gasteiger partial charge in [0.05, 0.1) is 12.2 Å². The number of nitrogens with zero attached hydrogens (tertiary/aromatic N) is 2. The Bertz CT molecular complexity index is 1380. The Labute approximate surface area is 280 Å². The van der Waals surface area contributed by atoms with Crippen LogP contribution in [0.3, 0.4) is 0 Å². The zero-order valence-electron chi connectivity index (χ0n) is 29.6. The van der Waals surface area contributed by atoms with Crippen LogP contribution in [0.4, 0.5) is 0 Å². The lowest BCUT2D eigenvalue weighted by atomic mass is 9.21. The van der Waals surface area contributed by atoms with Crippen molar-refractivity contribution in [2.24, 2.45) is 41.4 Å². The van der Waals surface area contributed by atoms with Gasteiger partial charge < -0.3 is 14.5 Å². The molecule has 5 aliphatic carbocycles.